The lowest BCUT2D eigenvalue weighted by molar-refractivity contribution is -0.147. The molecule has 0 saturated heterocycles. The van der Waals surface area contributed by atoms with Crippen molar-refractivity contribution in [3.05, 3.63) is 29.8 Å². The van der Waals surface area contributed by atoms with Crippen LogP contribution in [0.25, 0.3) is 0 Å². The fourth-order valence-electron chi connectivity index (χ4n) is 1.95. The highest BCUT2D eigenvalue weighted by Gasteiger charge is 2.48. The van der Waals surface area contributed by atoms with Crippen LogP contribution in [0, 0.1) is 0 Å². The first-order chi connectivity index (χ1) is 9.26. The van der Waals surface area contributed by atoms with Gasteiger partial charge in [-0.25, -0.2) is 17.5 Å². The summed E-state index contributed by atoms with van der Waals surface area (Å²) in [5.41, 5.74) is -0.163. The van der Waals surface area contributed by atoms with E-state index in [-0.39, 0.29) is 14.8 Å². The minimum atomic E-state index is -4.35. The fourth-order valence-corrected chi connectivity index (χ4v) is 3.66. The fraction of sp³-hybridized carbons (Fsp3) is 0.182. The van der Waals surface area contributed by atoms with E-state index >= 15 is 0 Å². The molecule has 0 radical (unpaired) electrons. The zero-order valence-corrected chi connectivity index (χ0v) is 10.7. The van der Waals surface area contributed by atoms with Crippen molar-refractivity contribution in [1.82, 2.24) is 4.31 Å². The largest absolute Gasteiger partial charge is 0.481 e. The molecule has 1 aliphatic heterocycles. The SMILES string of the molecule is O=C(O)C[C@H](C(=O)O)N1C(=O)c2ccccc2S1(=O)=O. The van der Waals surface area contributed by atoms with Crippen LogP contribution in [-0.2, 0) is 19.6 Å². The van der Waals surface area contributed by atoms with E-state index < -0.39 is 40.3 Å². The third kappa shape index (κ3) is 2.01. The van der Waals surface area contributed by atoms with Gasteiger partial charge in [0.25, 0.3) is 15.9 Å². The van der Waals surface area contributed by atoms with Gasteiger partial charge < -0.3 is 10.2 Å². The number of fused-ring (bicyclic) bond motifs is 1. The Morgan fingerprint density at radius 1 is 1.20 bits per heavy atom. The summed E-state index contributed by atoms with van der Waals surface area (Å²) < 4.78 is 24.5. The summed E-state index contributed by atoms with van der Waals surface area (Å²) in [6.45, 7) is 0. The van der Waals surface area contributed by atoms with E-state index in [4.69, 9.17) is 10.2 Å². The van der Waals surface area contributed by atoms with Gasteiger partial charge in [-0.1, -0.05) is 12.1 Å². The number of carboxylic acid groups (broad SMARTS) is 2. The molecule has 0 fully saturated rings. The van der Waals surface area contributed by atoms with Crippen molar-refractivity contribution in [3.8, 4) is 0 Å². The molecule has 1 aromatic rings. The van der Waals surface area contributed by atoms with Crippen molar-refractivity contribution in [2.45, 2.75) is 17.4 Å². The smallest absolute Gasteiger partial charge is 0.328 e. The molecular formula is C11H9NO7S. The van der Waals surface area contributed by atoms with Crippen LogP contribution in [-0.4, -0.2) is 46.8 Å². The van der Waals surface area contributed by atoms with Crippen molar-refractivity contribution < 1.29 is 33.0 Å². The van der Waals surface area contributed by atoms with Crippen LogP contribution in [0.4, 0.5) is 0 Å². The monoisotopic (exact) mass is 299 g/mol. The van der Waals surface area contributed by atoms with E-state index in [2.05, 4.69) is 0 Å². The van der Waals surface area contributed by atoms with Gasteiger partial charge in [-0.15, -0.1) is 0 Å². The number of hydrogen-bond acceptors (Lipinski definition) is 5. The average Bonchev–Trinajstić information content (AvgIpc) is 2.55. The molecule has 0 saturated carbocycles. The maximum atomic E-state index is 12.2. The van der Waals surface area contributed by atoms with Crippen LogP contribution < -0.4 is 0 Å². The third-order valence-corrected chi connectivity index (χ3v) is 4.64. The minimum Gasteiger partial charge on any atom is -0.481 e. The molecule has 9 heteroatoms. The molecule has 0 unspecified atom stereocenters. The van der Waals surface area contributed by atoms with Crippen molar-refractivity contribution in [2.24, 2.45) is 0 Å². The number of carbonyl (C=O) groups is 3. The molecule has 2 N–H and O–H groups in total. The van der Waals surface area contributed by atoms with E-state index in [1.54, 1.807) is 0 Å². The van der Waals surface area contributed by atoms with Gasteiger partial charge in [-0.05, 0) is 12.1 Å². The summed E-state index contributed by atoms with van der Waals surface area (Å²) in [4.78, 5) is 33.5. The van der Waals surface area contributed by atoms with Crippen LogP contribution in [0.1, 0.15) is 16.8 Å². The molecular weight excluding hydrogens is 290 g/mol. The Hall–Kier alpha value is -2.42. The van der Waals surface area contributed by atoms with Gasteiger partial charge in [0, 0.05) is 0 Å². The van der Waals surface area contributed by atoms with Crippen molar-refractivity contribution in [2.75, 3.05) is 0 Å². The van der Waals surface area contributed by atoms with Crippen molar-refractivity contribution in [1.29, 1.82) is 0 Å². The zero-order valence-electron chi connectivity index (χ0n) is 9.88. The molecule has 8 nitrogen and oxygen atoms in total. The Bertz CT molecular complexity index is 709. The first-order valence-corrected chi connectivity index (χ1v) is 6.83. The molecule has 106 valence electrons. The molecule has 0 spiro atoms. The average molecular weight is 299 g/mol. The Morgan fingerprint density at radius 3 is 2.30 bits per heavy atom. The molecule has 0 aliphatic carbocycles. The molecule has 1 heterocycles. The number of amides is 1. The van der Waals surface area contributed by atoms with Crippen molar-refractivity contribution >= 4 is 27.9 Å². The highest BCUT2D eigenvalue weighted by atomic mass is 32.2. The Kier molecular flexibility index (Phi) is 3.22. The maximum Gasteiger partial charge on any atom is 0.328 e. The molecule has 1 aliphatic rings. The standard InChI is InChI=1S/C11H9NO7S/c13-9(14)5-7(11(16)17)12-10(15)6-3-1-2-4-8(6)20(12,18)19/h1-4,7H,5H2,(H,13,14)(H,16,17)/t7-/m1/s1. The number of rotatable bonds is 4. The number of benzene rings is 1. The van der Waals surface area contributed by atoms with Gasteiger partial charge in [0.15, 0.2) is 6.04 Å². The first kappa shape index (κ1) is 14.0. The molecule has 1 aromatic carbocycles. The second-order valence-electron chi connectivity index (χ2n) is 4.05. The van der Waals surface area contributed by atoms with Crippen molar-refractivity contribution in [3.63, 3.8) is 0 Å². The molecule has 0 aromatic heterocycles. The predicted molar refractivity (Wildman–Crippen MR) is 63.5 cm³/mol. The van der Waals surface area contributed by atoms with Gasteiger partial charge in [-0.3, -0.25) is 9.59 Å². The summed E-state index contributed by atoms with van der Waals surface area (Å²) in [6.07, 6.45) is -1.01. The second-order valence-corrected chi connectivity index (χ2v) is 5.84. The second kappa shape index (κ2) is 4.60. The van der Waals surface area contributed by atoms with Gasteiger partial charge in [-0.2, -0.15) is 0 Å². The Labute approximate surface area is 113 Å². The lowest BCUT2D eigenvalue weighted by Crippen LogP contribution is -2.45. The van der Waals surface area contributed by atoms with Crippen LogP contribution in [0.15, 0.2) is 29.2 Å². The van der Waals surface area contributed by atoms with E-state index in [9.17, 15) is 22.8 Å². The van der Waals surface area contributed by atoms with Gasteiger partial charge in [0.2, 0.25) is 0 Å². The van der Waals surface area contributed by atoms with E-state index in [0.717, 1.165) is 0 Å². The van der Waals surface area contributed by atoms with E-state index in [0.29, 0.717) is 0 Å². The summed E-state index contributed by atoms with van der Waals surface area (Å²) in [5.74, 6) is -4.25. The van der Waals surface area contributed by atoms with E-state index in [1.807, 2.05) is 0 Å². The van der Waals surface area contributed by atoms with E-state index in [1.165, 1.54) is 24.3 Å². The summed E-state index contributed by atoms with van der Waals surface area (Å²) in [5, 5.41) is 17.7. The zero-order chi connectivity index (χ0) is 15.1. The molecule has 0 bridgehead atoms. The minimum absolute atomic E-state index is 0.119. The first-order valence-electron chi connectivity index (χ1n) is 5.39. The quantitative estimate of drug-likeness (QED) is 0.784. The number of carboxylic acids is 2. The molecule has 1 atom stereocenters. The van der Waals surface area contributed by atoms with Crippen LogP contribution >= 0.6 is 0 Å². The molecule has 20 heavy (non-hydrogen) atoms. The summed E-state index contributed by atoms with van der Waals surface area (Å²) >= 11 is 0. The van der Waals surface area contributed by atoms with Crippen LogP contribution in [0.3, 0.4) is 0 Å². The summed E-state index contributed by atoms with van der Waals surface area (Å²) in [7, 11) is -4.35. The number of sulfonamides is 1. The Morgan fingerprint density at radius 2 is 1.80 bits per heavy atom. The number of nitrogens with zero attached hydrogens (tertiary/aromatic N) is 1. The normalized spacial score (nSPS) is 17.6. The number of hydrogen-bond donors (Lipinski definition) is 2. The molecule has 2 rings (SSSR count). The van der Waals surface area contributed by atoms with Crippen LogP contribution in [0.5, 0.6) is 0 Å². The topological polar surface area (TPSA) is 129 Å². The van der Waals surface area contributed by atoms with Gasteiger partial charge >= 0.3 is 11.9 Å². The molecule has 1 amide bonds. The maximum absolute atomic E-state index is 12.2. The lowest BCUT2D eigenvalue weighted by Gasteiger charge is -2.21. The van der Waals surface area contributed by atoms with Crippen LogP contribution in [0.2, 0.25) is 0 Å². The third-order valence-electron chi connectivity index (χ3n) is 2.79. The van der Waals surface area contributed by atoms with Gasteiger partial charge in [0.05, 0.1) is 12.0 Å². The highest BCUT2D eigenvalue weighted by molar-refractivity contribution is 7.90. The summed E-state index contributed by atoms with van der Waals surface area (Å²) in [6, 6.07) is 3.26. The predicted octanol–water partition coefficient (Wildman–Crippen LogP) is -0.241. The Balaban J connectivity index is 2.56. The lowest BCUT2D eigenvalue weighted by atomic mass is 10.1. The van der Waals surface area contributed by atoms with Gasteiger partial charge in [0.1, 0.15) is 4.90 Å². The number of aliphatic carboxylic acids is 2. The highest BCUT2D eigenvalue weighted by Crippen LogP contribution is 2.32. The number of carbonyl (C=O) groups excluding carboxylic acids is 1.